The van der Waals surface area contributed by atoms with E-state index in [4.69, 9.17) is 10.4 Å². The molecule has 0 spiro atoms. The van der Waals surface area contributed by atoms with Gasteiger partial charge in [0.1, 0.15) is 0 Å². The smallest absolute Gasteiger partial charge is 0.160 e. The first-order valence-corrected chi connectivity index (χ1v) is 6.94. The standard InChI is InChI=1S/C14H20N4O/c1-9(2)7-8-18(10-3-4-10)12-6-5-11(15)13-14(12)17-19-16-13/h5-6,9-10H,3-4,7-8,15H2,1-2H3. The molecule has 1 aliphatic carbocycles. The molecule has 1 saturated carbocycles. The summed E-state index contributed by atoms with van der Waals surface area (Å²) in [5.41, 5.74) is 9.09. The van der Waals surface area contributed by atoms with Crippen LogP contribution in [0.2, 0.25) is 0 Å². The van der Waals surface area contributed by atoms with E-state index in [0.717, 1.165) is 17.7 Å². The van der Waals surface area contributed by atoms with Crippen molar-refractivity contribution in [1.82, 2.24) is 10.3 Å². The second-order valence-corrected chi connectivity index (χ2v) is 5.74. The molecule has 5 heteroatoms. The van der Waals surface area contributed by atoms with Crippen molar-refractivity contribution >= 4 is 22.4 Å². The Morgan fingerprint density at radius 1 is 1.32 bits per heavy atom. The summed E-state index contributed by atoms with van der Waals surface area (Å²) in [6.07, 6.45) is 3.69. The fourth-order valence-corrected chi connectivity index (χ4v) is 2.39. The molecule has 0 aliphatic heterocycles. The van der Waals surface area contributed by atoms with Crippen molar-refractivity contribution in [2.45, 2.75) is 39.2 Å². The fraction of sp³-hybridized carbons (Fsp3) is 0.571. The average molecular weight is 260 g/mol. The second kappa shape index (κ2) is 4.72. The molecule has 2 N–H and O–H groups in total. The topological polar surface area (TPSA) is 68.2 Å². The maximum atomic E-state index is 5.90. The molecule has 0 saturated heterocycles. The van der Waals surface area contributed by atoms with E-state index >= 15 is 0 Å². The summed E-state index contributed by atoms with van der Waals surface area (Å²) in [5.74, 6) is 0.695. The lowest BCUT2D eigenvalue weighted by Gasteiger charge is -2.25. The lowest BCUT2D eigenvalue weighted by atomic mass is 10.1. The van der Waals surface area contributed by atoms with Crippen LogP contribution in [-0.4, -0.2) is 22.9 Å². The highest BCUT2D eigenvalue weighted by Crippen LogP contribution is 2.36. The fourth-order valence-electron chi connectivity index (χ4n) is 2.39. The Bertz CT molecular complexity index is 574. The summed E-state index contributed by atoms with van der Waals surface area (Å²) in [6.45, 7) is 5.55. The van der Waals surface area contributed by atoms with Gasteiger partial charge in [0.2, 0.25) is 0 Å². The van der Waals surface area contributed by atoms with E-state index < -0.39 is 0 Å². The van der Waals surface area contributed by atoms with Crippen LogP contribution in [0, 0.1) is 5.92 Å². The number of nitrogens with two attached hydrogens (primary N) is 1. The predicted molar refractivity (Wildman–Crippen MR) is 76.0 cm³/mol. The van der Waals surface area contributed by atoms with Crippen molar-refractivity contribution in [2.24, 2.45) is 5.92 Å². The van der Waals surface area contributed by atoms with Gasteiger partial charge in [0, 0.05) is 12.6 Å². The zero-order valence-corrected chi connectivity index (χ0v) is 11.5. The SMILES string of the molecule is CC(C)CCN(c1ccc(N)c2nonc12)C1CC1. The number of benzene rings is 1. The normalized spacial score (nSPS) is 15.3. The molecule has 1 aliphatic rings. The molecular formula is C14H20N4O. The molecule has 1 fully saturated rings. The number of aromatic nitrogens is 2. The summed E-state index contributed by atoms with van der Waals surface area (Å²) in [5, 5.41) is 7.93. The Labute approximate surface area is 112 Å². The van der Waals surface area contributed by atoms with Crippen LogP contribution in [0.25, 0.3) is 11.0 Å². The number of rotatable bonds is 5. The van der Waals surface area contributed by atoms with E-state index in [1.54, 1.807) is 0 Å². The molecule has 5 nitrogen and oxygen atoms in total. The highest BCUT2D eigenvalue weighted by atomic mass is 16.6. The van der Waals surface area contributed by atoms with Gasteiger partial charge in [-0.05, 0) is 47.6 Å². The van der Waals surface area contributed by atoms with Gasteiger partial charge in [-0.3, -0.25) is 0 Å². The third-order valence-electron chi connectivity index (χ3n) is 3.67. The Morgan fingerprint density at radius 2 is 2.05 bits per heavy atom. The van der Waals surface area contributed by atoms with Gasteiger partial charge in [0.05, 0.1) is 11.4 Å². The van der Waals surface area contributed by atoms with E-state index in [1.165, 1.54) is 19.3 Å². The van der Waals surface area contributed by atoms with Gasteiger partial charge >= 0.3 is 0 Å². The van der Waals surface area contributed by atoms with Gasteiger partial charge in [-0.25, -0.2) is 4.63 Å². The maximum absolute atomic E-state index is 5.90. The van der Waals surface area contributed by atoms with Crippen LogP contribution in [0.1, 0.15) is 33.1 Å². The van der Waals surface area contributed by atoms with Crippen molar-refractivity contribution in [3.05, 3.63) is 12.1 Å². The first kappa shape index (κ1) is 12.3. The Morgan fingerprint density at radius 3 is 2.74 bits per heavy atom. The average Bonchev–Trinajstić information content (AvgIpc) is 3.08. The molecule has 0 unspecified atom stereocenters. The molecule has 1 aromatic carbocycles. The van der Waals surface area contributed by atoms with Crippen LogP contribution in [0.4, 0.5) is 11.4 Å². The summed E-state index contributed by atoms with van der Waals surface area (Å²) in [4.78, 5) is 2.44. The van der Waals surface area contributed by atoms with Crippen molar-refractivity contribution in [1.29, 1.82) is 0 Å². The van der Waals surface area contributed by atoms with Crippen LogP contribution < -0.4 is 10.6 Å². The Balaban J connectivity index is 1.95. The van der Waals surface area contributed by atoms with Crippen LogP contribution in [0.3, 0.4) is 0 Å². The minimum atomic E-state index is 0.625. The van der Waals surface area contributed by atoms with Gasteiger partial charge in [-0.2, -0.15) is 0 Å². The van der Waals surface area contributed by atoms with Crippen molar-refractivity contribution in [3.63, 3.8) is 0 Å². The predicted octanol–water partition coefficient (Wildman–Crippen LogP) is 2.82. The summed E-state index contributed by atoms with van der Waals surface area (Å²) in [7, 11) is 0. The molecule has 3 rings (SSSR count). The largest absolute Gasteiger partial charge is 0.397 e. The lowest BCUT2D eigenvalue weighted by Crippen LogP contribution is -2.28. The molecule has 0 atom stereocenters. The van der Waals surface area contributed by atoms with Gasteiger partial charge in [0.15, 0.2) is 11.0 Å². The molecule has 102 valence electrons. The first-order valence-electron chi connectivity index (χ1n) is 6.94. The zero-order valence-electron chi connectivity index (χ0n) is 11.5. The van der Waals surface area contributed by atoms with E-state index in [-0.39, 0.29) is 0 Å². The van der Waals surface area contributed by atoms with Crippen LogP contribution in [-0.2, 0) is 0 Å². The van der Waals surface area contributed by atoms with E-state index in [1.807, 2.05) is 12.1 Å². The quantitative estimate of drug-likeness (QED) is 0.837. The first-order chi connectivity index (χ1) is 9.16. The molecule has 0 amide bonds. The number of hydrogen-bond acceptors (Lipinski definition) is 5. The number of hydrogen-bond donors (Lipinski definition) is 1. The molecule has 1 aromatic heterocycles. The molecule has 0 radical (unpaired) electrons. The third kappa shape index (κ3) is 2.37. The summed E-state index contributed by atoms with van der Waals surface area (Å²) in [6, 6.07) is 4.58. The number of nitrogens with zero attached hydrogens (tertiary/aromatic N) is 3. The third-order valence-corrected chi connectivity index (χ3v) is 3.67. The second-order valence-electron chi connectivity index (χ2n) is 5.74. The van der Waals surface area contributed by atoms with E-state index in [2.05, 4.69) is 29.1 Å². The minimum absolute atomic E-state index is 0.625. The zero-order chi connectivity index (χ0) is 13.4. The van der Waals surface area contributed by atoms with Gasteiger partial charge in [0.25, 0.3) is 0 Å². The Kier molecular flexibility index (Phi) is 3.05. The summed E-state index contributed by atoms with van der Waals surface area (Å²) >= 11 is 0. The number of fused-ring (bicyclic) bond motifs is 1. The summed E-state index contributed by atoms with van der Waals surface area (Å²) < 4.78 is 4.86. The molecule has 2 aromatic rings. The van der Waals surface area contributed by atoms with Crippen LogP contribution in [0.15, 0.2) is 16.8 Å². The molecule has 1 heterocycles. The van der Waals surface area contributed by atoms with Gasteiger partial charge < -0.3 is 10.6 Å². The Hall–Kier alpha value is -1.78. The van der Waals surface area contributed by atoms with E-state index in [0.29, 0.717) is 23.2 Å². The van der Waals surface area contributed by atoms with Gasteiger partial charge in [-0.1, -0.05) is 13.8 Å². The van der Waals surface area contributed by atoms with Crippen molar-refractivity contribution in [3.8, 4) is 0 Å². The maximum Gasteiger partial charge on any atom is 0.160 e. The van der Waals surface area contributed by atoms with Gasteiger partial charge in [-0.15, -0.1) is 0 Å². The number of anilines is 2. The van der Waals surface area contributed by atoms with Crippen LogP contribution >= 0.6 is 0 Å². The molecular weight excluding hydrogens is 240 g/mol. The van der Waals surface area contributed by atoms with E-state index in [9.17, 15) is 0 Å². The monoisotopic (exact) mass is 260 g/mol. The van der Waals surface area contributed by atoms with Crippen LogP contribution in [0.5, 0.6) is 0 Å². The molecule has 0 bridgehead atoms. The van der Waals surface area contributed by atoms with Crippen molar-refractivity contribution in [2.75, 3.05) is 17.2 Å². The lowest BCUT2D eigenvalue weighted by molar-refractivity contribution is 0.315. The highest BCUT2D eigenvalue weighted by molar-refractivity contribution is 5.95. The number of nitrogen functional groups attached to an aromatic ring is 1. The van der Waals surface area contributed by atoms with Crippen molar-refractivity contribution < 1.29 is 4.63 Å². The highest BCUT2D eigenvalue weighted by Gasteiger charge is 2.31. The minimum Gasteiger partial charge on any atom is -0.397 e. The molecule has 19 heavy (non-hydrogen) atoms.